The summed E-state index contributed by atoms with van der Waals surface area (Å²) < 4.78 is 11.2. The van der Waals surface area contributed by atoms with Gasteiger partial charge in [0.1, 0.15) is 5.75 Å². The van der Waals surface area contributed by atoms with Crippen LogP contribution in [0.4, 0.5) is 5.69 Å². The Hall–Kier alpha value is -4.26. The predicted octanol–water partition coefficient (Wildman–Crippen LogP) is 4.87. The third kappa shape index (κ3) is 4.57. The van der Waals surface area contributed by atoms with Crippen LogP contribution >= 0.6 is 0 Å². The van der Waals surface area contributed by atoms with Crippen molar-refractivity contribution in [1.29, 1.82) is 0 Å². The van der Waals surface area contributed by atoms with Gasteiger partial charge in [-0.05, 0) is 30.7 Å². The summed E-state index contributed by atoms with van der Waals surface area (Å²) in [5.74, 6) is 0.0498. The number of nitro benzene ring substituents is 1. The van der Waals surface area contributed by atoms with Crippen LogP contribution in [0.3, 0.4) is 0 Å². The van der Waals surface area contributed by atoms with Crippen molar-refractivity contribution in [3.63, 3.8) is 0 Å². The van der Waals surface area contributed by atoms with Gasteiger partial charge in [-0.1, -0.05) is 54.6 Å². The van der Waals surface area contributed by atoms with Crippen molar-refractivity contribution < 1.29 is 19.2 Å². The molecule has 0 bridgehead atoms. The van der Waals surface area contributed by atoms with Crippen LogP contribution in [0.5, 0.6) is 5.75 Å². The van der Waals surface area contributed by atoms with Gasteiger partial charge in [-0.2, -0.15) is 0 Å². The Morgan fingerprint density at radius 2 is 1.78 bits per heavy atom. The largest absolute Gasteiger partial charge is 0.493 e. The van der Waals surface area contributed by atoms with E-state index in [1.807, 2.05) is 54.6 Å². The van der Waals surface area contributed by atoms with Crippen LogP contribution in [0.15, 0.2) is 83.5 Å². The Morgan fingerprint density at radius 1 is 1.03 bits per heavy atom. The number of carbonyl (C=O) groups excluding carboxylic acids is 1. The molecule has 1 heterocycles. The average molecular weight is 428 g/mol. The highest BCUT2D eigenvalue weighted by molar-refractivity contribution is 6.13. The van der Waals surface area contributed by atoms with Crippen LogP contribution in [-0.4, -0.2) is 23.4 Å². The van der Waals surface area contributed by atoms with Crippen LogP contribution in [0.25, 0.3) is 6.08 Å². The van der Waals surface area contributed by atoms with Crippen molar-refractivity contribution in [2.45, 2.75) is 13.3 Å². The molecule has 3 aromatic rings. The summed E-state index contributed by atoms with van der Waals surface area (Å²) in [5.41, 5.74) is 2.69. The van der Waals surface area contributed by atoms with Crippen molar-refractivity contribution in [1.82, 2.24) is 0 Å². The first-order valence-corrected chi connectivity index (χ1v) is 10.1. The molecule has 0 N–H and O–H groups in total. The lowest BCUT2D eigenvalue weighted by Gasteiger charge is -2.09. The smallest absolute Gasteiger partial charge is 0.363 e. The third-order valence-corrected chi connectivity index (χ3v) is 5.06. The first-order valence-electron chi connectivity index (χ1n) is 10.1. The van der Waals surface area contributed by atoms with Crippen LogP contribution in [-0.2, 0) is 16.0 Å². The fourth-order valence-corrected chi connectivity index (χ4v) is 3.38. The molecule has 32 heavy (non-hydrogen) atoms. The molecule has 7 heteroatoms. The lowest BCUT2D eigenvalue weighted by molar-refractivity contribution is -0.385. The fourth-order valence-electron chi connectivity index (χ4n) is 3.38. The molecule has 0 aromatic heterocycles. The molecule has 0 amide bonds. The Balaban J connectivity index is 1.57. The second-order valence-corrected chi connectivity index (χ2v) is 7.16. The van der Waals surface area contributed by atoms with Gasteiger partial charge in [-0.15, -0.1) is 0 Å². The molecule has 3 aromatic carbocycles. The first-order chi connectivity index (χ1) is 15.5. The molecule has 1 aliphatic rings. The van der Waals surface area contributed by atoms with Crippen LogP contribution in [0.2, 0.25) is 0 Å². The van der Waals surface area contributed by atoms with Crippen molar-refractivity contribution in [2.24, 2.45) is 4.99 Å². The fraction of sp³-hybridized carbons (Fsp3) is 0.120. The minimum absolute atomic E-state index is 0.0462. The summed E-state index contributed by atoms with van der Waals surface area (Å²) in [5, 5.41) is 11.2. The maximum absolute atomic E-state index is 12.4. The molecule has 1 aliphatic heterocycles. The molecular weight excluding hydrogens is 408 g/mol. The van der Waals surface area contributed by atoms with E-state index in [1.54, 1.807) is 19.1 Å². The monoisotopic (exact) mass is 428 g/mol. The maximum atomic E-state index is 12.4. The molecule has 0 saturated heterocycles. The van der Waals surface area contributed by atoms with E-state index in [9.17, 15) is 14.9 Å². The van der Waals surface area contributed by atoms with Gasteiger partial charge < -0.3 is 9.47 Å². The quantitative estimate of drug-likeness (QED) is 0.232. The Morgan fingerprint density at radius 3 is 2.56 bits per heavy atom. The zero-order valence-corrected chi connectivity index (χ0v) is 17.4. The normalized spacial score (nSPS) is 14.2. The average Bonchev–Trinajstić information content (AvgIpc) is 3.15. The third-order valence-electron chi connectivity index (χ3n) is 5.06. The Kier molecular flexibility index (Phi) is 6.07. The topological polar surface area (TPSA) is 91.0 Å². The molecule has 0 radical (unpaired) electrons. The number of benzene rings is 3. The van der Waals surface area contributed by atoms with Crippen LogP contribution < -0.4 is 4.74 Å². The summed E-state index contributed by atoms with van der Waals surface area (Å²) in [6, 6.07) is 21.9. The summed E-state index contributed by atoms with van der Waals surface area (Å²) in [6.07, 6.45) is 2.35. The van der Waals surface area contributed by atoms with Gasteiger partial charge in [0, 0.05) is 29.2 Å². The number of cyclic esters (lactones) is 1. The van der Waals surface area contributed by atoms with Gasteiger partial charge in [-0.3, -0.25) is 10.1 Å². The molecule has 0 spiro atoms. The molecule has 160 valence electrons. The summed E-state index contributed by atoms with van der Waals surface area (Å²) in [6.45, 7) is 2.08. The number of rotatable bonds is 7. The number of para-hydroxylation sites is 1. The molecule has 0 aliphatic carbocycles. The van der Waals surface area contributed by atoms with Gasteiger partial charge in [0.25, 0.3) is 5.69 Å². The molecule has 0 fully saturated rings. The van der Waals surface area contributed by atoms with Crippen molar-refractivity contribution in [3.05, 3.63) is 111 Å². The number of esters is 1. The zero-order valence-electron chi connectivity index (χ0n) is 17.4. The summed E-state index contributed by atoms with van der Waals surface area (Å²) in [7, 11) is 0. The van der Waals surface area contributed by atoms with Crippen LogP contribution in [0.1, 0.15) is 22.3 Å². The van der Waals surface area contributed by atoms with E-state index in [-0.39, 0.29) is 17.3 Å². The van der Waals surface area contributed by atoms with E-state index in [0.29, 0.717) is 29.0 Å². The van der Waals surface area contributed by atoms with Crippen LogP contribution in [0, 0.1) is 17.0 Å². The van der Waals surface area contributed by atoms with E-state index >= 15 is 0 Å². The van der Waals surface area contributed by atoms with Crippen molar-refractivity contribution in [3.8, 4) is 5.75 Å². The molecule has 4 rings (SSSR count). The zero-order chi connectivity index (χ0) is 22.5. The number of nitro groups is 1. The SMILES string of the molecule is Cc1c(C2=N/C(=C\c3ccccc3OCCc3ccccc3)C(=O)O2)cccc1[N+](=O)[O-]. The molecule has 0 unspecified atom stereocenters. The minimum atomic E-state index is -0.620. The number of hydrogen-bond donors (Lipinski definition) is 0. The lowest BCUT2D eigenvalue weighted by atomic mass is 10.1. The second kappa shape index (κ2) is 9.26. The van der Waals surface area contributed by atoms with Crippen molar-refractivity contribution >= 4 is 23.6 Å². The van der Waals surface area contributed by atoms with E-state index < -0.39 is 10.9 Å². The number of hydrogen-bond acceptors (Lipinski definition) is 6. The lowest BCUT2D eigenvalue weighted by Crippen LogP contribution is -2.08. The molecule has 0 atom stereocenters. The molecular formula is C25H20N2O5. The van der Waals surface area contributed by atoms with Crippen molar-refractivity contribution in [2.75, 3.05) is 6.61 Å². The number of aliphatic imine (C=N–C) groups is 1. The highest BCUT2D eigenvalue weighted by atomic mass is 16.6. The van der Waals surface area contributed by atoms with Gasteiger partial charge in [0.05, 0.1) is 11.5 Å². The molecule has 7 nitrogen and oxygen atoms in total. The summed E-state index contributed by atoms with van der Waals surface area (Å²) in [4.78, 5) is 27.4. The van der Waals surface area contributed by atoms with E-state index in [4.69, 9.17) is 9.47 Å². The molecule has 0 saturated carbocycles. The van der Waals surface area contributed by atoms with E-state index in [0.717, 1.165) is 6.42 Å². The van der Waals surface area contributed by atoms with Gasteiger partial charge in [0.2, 0.25) is 5.90 Å². The number of nitrogens with zero attached hydrogens (tertiary/aromatic N) is 2. The second-order valence-electron chi connectivity index (χ2n) is 7.16. The highest BCUT2D eigenvalue weighted by Gasteiger charge is 2.27. The number of ether oxygens (including phenoxy) is 2. The van der Waals surface area contributed by atoms with Gasteiger partial charge in [0.15, 0.2) is 5.70 Å². The highest BCUT2D eigenvalue weighted by Crippen LogP contribution is 2.28. The summed E-state index contributed by atoms with van der Waals surface area (Å²) >= 11 is 0. The Bertz CT molecular complexity index is 1230. The standard InChI is InChI=1S/C25H20N2O5/c1-17-20(11-7-12-22(17)27(29)30)24-26-21(25(28)32-24)16-19-10-5-6-13-23(19)31-15-14-18-8-3-2-4-9-18/h2-13,16H,14-15H2,1H3/b21-16-. The van der Waals surface area contributed by atoms with Gasteiger partial charge >= 0.3 is 5.97 Å². The minimum Gasteiger partial charge on any atom is -0.493 e. The number of carbonyl (C=O) groups is 1. The first kappa shape index (κ1) is 21.0. The Labute approximate surface area is 184 Å². The van der Waals surface area contributed by atoms with E-state index in [1.165, 1.54) is 17.7 Å². The predicted molar refractivity (Wildman–Crippen MR) is 121 cm³/mol. The maximum Gasteiger partial charge on any atom is 0.363 e. The van der Waals surface area contributed by atoms with Gasteiger partial charge in [-0.25, -0.2) is 9.79 Å². The van der Waals surface area contributed by atoms with E-state index in [2.05, 4.69) is 4.99 Å².